The van der Waals surface area contributed by atoms with Gasteiger partial charge in [0.1, 0.15) is 5.82 Å². The van der Waals surface area contributed by atoms with Crippen LogP contribution in [0.25, 0.3) is 22.0 Å². The monoisotopic (exact) mass is 482 g/mol. The molecule has 0 bridgehead atoms. The number of carbonyl (C=O) groups is 2. The van der Waals surface area contributed by atoms with Crippen LogP contribution in [0.15, 0.2) is 66.7 Å². The molecule has 1 aliphatic rings. The summed E-state index contributed by atoms with van der Waals surface area (Å²) >= 11 is 0. The number of aromatic amines is 1. The van der Waals surface area contributed by atoms with Crippen LogP contribution in [0.5, 0.6) is 0 Å². The number of rotatable bonds is 5. The fourth-order valence-electron chi connectivity index (χ4n) is 4.58. The second kappa shape index (κ2) is 9.87. The van der Waals surface area contributed by atoms with Gasteiger partial charge in [0, 0.05) is 54.9 Å². The number of nitrogens with zero attached hydrogens (tertiary/aromatic N) is 2. The highest BCUT2D eigenvalue weighted by Crippen LogP contribution is 2.31. The molecule has 5 rings (SSSR count). The van der Waals surface area contributed by atoms with Crippen molar-refractivity contribution in [2.45, 2.75) is 6.92 Å². The van der Waals surface area contributed by atoms with Gasteiger partial charge in [0.15, 0.2) is 0 Å². The molecule has 0 unspecified atom stereocenters. The van der Waals surface area contributed by atoms with Gasteiger partial charge < -0.3 is 24.8 Å². The first-order valence-corrected chi connectivity index (χ1v) is 12.1. The highest BCUT2D eigenvalue weighted by molar-refractivity contribution is 5.99. The molecule has 7 nitrogen and oxygen atoms in total. The molecule has 0 atom stereocenters. The fraction of sp³-hybridized carbons (Fsp3) is 0.241. The summed E-state index contributed by atoms with van der Waals surface area (Å²) in [5, 5.41) is 4.51. The first kappa shape index (κ1) is 23.6. The molecule has 0 spiro atoms. The number of ether oxygens (including phenoxy) is 1. The maximum absolute atomic E-state index is 12.8. The van der Waals surface area contributed by atoms with E-state index in [9.17, 15) is 9.59 Å². The Labute approximate surface area is 210 Å². The maximum Gasteiger partial charge on any atom is 0.254 e. The van der Waals surface area contributed by atoms with Gasteiger partial charge in [-0.25, -0.2) is 0 Å². The normalized spacial score (nSPS) is 13.6. The summed E-state index contributed by atoms with van der Waals surface area (Å²) in [6.45, 7) is 4.39. The van der Waals surface area contributed by atoms with E-state index in [1.54, 1.807) is 19.0 Å². The zero-order valence-electron chi connectivity index (χ0n) is 20.8. The molecule has 36 heavy (non-hydrogen) atoms. The Hall–Kier alpha value is -4.10. The SMILES string of the molecule is Cc1cc(Nc2cc3cccc(-c4ccc(C(=O)N5CCOCC5)cc4)c3[nH]2)ccc1C(=O)N(C)C. The van der Waals surface area contributed by atoms with Crippen molar-refractivity contribution in [2.75, 3.05) is 45.7 Å². The average Bonchev–Trinajstić information content (AvgIpc) is 3.31. The smallest absolute Gasteiger partial charge is 0.254 e. The standard InChI is InChI=1S/C29H30N4O3/c1-19-17-23(11-12-24(19)29(35)32(2)3)30-26-18-22-5-4-6-25(27(22)31-26)20-7-9-21(10-8-20)28(34)33-13-15-36-16-14-33/h4-12,17-18,30-31H,13-16H2,1-3H3. The van der Waals surface area contributed by atoms with Crippen molar-refractivity contribution in [3.8, 4) is 11.1 Å². The molecule has 1 aliphatic heterocycles. The molecule has 0 radical (unpaired) electrons. The Morgan fingerprint density at radius 1 is 0.972 bits per heavy atom. The number of hydrogen-bond acceptors (Lipinski definition) is 4. The van der Waals surface area contributed by atoms with Crippen molar-refractivity contribution in [1.29, 1.82) is 0 Å². The number of anilines is 2. The lowest BCUT2D eigenvalue weighted by atomic mass is 10.0. The number of morpholine rings is 1. The van der Waals surface area contributed by atoms with Crippen LogP contribution in [0, 0.1) is 6.92 Å². The summed E-state index contributed by atoms with van der Waals surface area (Å²) in [4.78, 5) is 32.0. The number of aryl methyl sites for hydroxylation is 1. The molecule has 2 amide bonds. The van der Waals surface area contributed by atoms with Crippen molar-refractivity contribution >= 4 is 34.2 Å². The largest absolute Gasteiger partial charge is 0.378 e. The molecule has 4 aromatic rings. The zero-order valence-corrected chi connectivity index (χ0v) is 20.8. The van der Waals surface area contributed by atoms with Crippen LogP contribution in [0.4, 0.5) is 11.5 Å². The quantitative estimate of drug-likeness (QED) is 0.417. The predicted molar refractivity (Wildman–Crippen MR) is 143 cm³/mol. The Kier molecular flexibility index (Phi) is 6.48. The van der Waals surface area contributed by atoms with E-state index in [4.69, 9.17) is 4.74 Å². The Balaban J connectivity index is 1.38. The minimum Gasteiger partial charge on any atom is -0.378 e. The summed E-state index contributed by atoms with van der Waals surface area (Å²) in [6.07, 6.45) is 0. The summed E-state index contributed by atoms with van der Waals surface area (Å²) in [5.74, 6) is 0.901. The first-order chi connectivity index (χ1) is 17.4. The van der Waals surface area contributed by atoms with Gasteiger partial charge in [0.2, 0.25) is 0 Å². The van der Waals surface area contributed by atoms with Gasteiger partial charge in [-0.15, -0.1) is 0 Å². The minimum absolute atomic E-state index is 0.00744. The topological polar surface area (TPSA) is 77.7 Å². The van der Waals surface area contributed by atoms with Gasteiger partial charge in [0.05, 0.1) is 18.7 Å². The second-order valence-electron chi connectivity index (χ2n) is 9.29. The molecule has 1 aromatic heterocycles. The van der Waals surface area contributed by atoms with E-state index >= 15 is 0 Å². The molecule has 0 aliphatic carbocycles. The molecule has 2 heterocycles. The Morgan fingerprint density at radius 2 is 1.72 bits per heavy atom. The molecule has 7 heteroatoms. The van der Waals surface area contributed by atoms with E-state index < -0.39 is 0 Å². The van der Waals surface area contributed by atoms with E-state index in [2.05, 4.69) is 28.5 Å². The predicted octanol–water partition coefficient (Wildman–Crippen LogP) is 5.06. The number of benzene rings is 3. The Morgan fingerprint density at radius 3 is 2.42 bits per heavy atom. The number of nitrogens with one attached hydrogen (secondary N) is 2. The van der Waals surface area contributed by atoms with Crippen molar-refractivity contribution in [3.63, 3.8) is 0 Å². The van der Waals surface area contributed by atoms with E-state index in [0.717, 1.165) is 39.1 Å². The molecule has 1 fully saturated rings. The number of carbonyl (C=O) groups excluding carboxylic acids is 2. The number of para-hydroxylation sites is 1. The fourth-order valence-corrected chi connectivity index (χ4v) is 4.58. The van der Waals surface area contributed by atoms with Gasteiger partial charge in [-0.2, -0.15) is 0 Å². The van der Waals surface area contributed by atoms with Crippen molar-refractivity contribution < 1.29 is 14.3 Å². The summed E-state index contributed by atoms with van der Waals surface area (Å²) in [7, 11) is 3.51. The van der Waals surface area contributed by atoms with Crippen LogP contribution >= 0.6 is 0 Å². The van der Waals surface area contributed by atoms with Crippen LogP contribution < -0.4 is 5.32 Å². The van der Waals surface area contributed by atoms with E-state index in [-0.39, 0.29) is 11.8 Å². The third kappa shape index (κ3) is 4.70. The van der Waals surface area contributed by atoms with Crippen LogP contribution in [0.3, 0.4) is 0 Å². The molecule has 1 saturated heterocycles. The molecule has 3 aromatic carbocycles. The number of amides is 2. The van der Waals surface area contributed by atoms with Gasteiger partial charge in [-0.1, -0.05) is 30.3 Å². The summed E-state index contributed by atoms with van der Waals surface area (Å²) in [5.41, 5.74) is 6.32. The van der Waals surface area contributed by atoms with E-state index in [1.165, 1.54) is 0 Å². The number of aromatic nitrogens is 1. The summed E-state index contributed by atoms with van der Waals surface area (Å²) < 4.78 is 5.35. The average molecular weight is 483 g/mol. The van der Waals surface area contributed by atoms with Crippen molar-refractivity contribution in [2.24, 2.45) is 0 Å². The van der Waals surface area contributed by atoms with Crippen LogP contribution in [-0.4, -0.2) is 67.0 Å². The lowest BCUT2D eigenvalue weighted by Crippen LogP contribution is -2.40. The summed E-state index contributed by atoms with van der Waals surface area (Å²) in [6, 6.07) is 21.8. The number of fused-ring (bicyclic) bond motifs is 1. The van der Waals surface area contributed by atoms with Gasteiger partial charge in [-0.3, -0.25) is 9.59 Å². The van der Waals surface area contributed by atoms with Crippen LogP contribution in [0.2, 0.25) is 0 Å². The van der Waals surface area contributed by atoms with Gasteiger partial charge >= 0.3 is 0 Å². The second-order valence-corrected chi connectivity index (χ2v) is 9.29. The zero-order chi connectivity index (χ0) is 25.2. The van der Waals surface area contributed by atoms with E-state index in [1.807, 2.05) is 60.4 Å². The lowest BCUT2D eigenvalue weighted by molar-refractivity contribution is 0.0303. The van der Waals surface area contributed by atoms with E-state index in [0.29, 0.717) is 37.4 Å². The third-order valence-corrected chi connectivity index (χ3v) is 6.54. The first-order valence-electron chi connectivity index (χ1n) is 12.1. The maximum atomic E-state index is 12.8. The third-order valence-electron chi connectivity index (χ3n) is 6.54. The minimum atomic E-state index is -0.00744. The molecular weight excluding hydrogens is 452 g/mol. The highest BCUT2D eigenvalue weighted by Gasteiger charge is 2.19. The van der Waals surface area contributed by atoms with Gasteiger partial charge in [-0.05, 0) is 54.4 Å². The number of H-pyrrole nitrogens is 1. The van der Waals surface area contributed by atoms with Crippen molar-refractivity contribution in [1.82, 2.24) is 14.8 Å². The van der Waals surface area contributed by atoms with Crippen molar-refractivity contribution in [3.05, 3.63) is 83.4 Å². The van der Waals surface area contributed by atoms with Gasteiger partial charge in [0.25, 0.3) is 11.8 Å². The molecule has 184 valence electrons. The van der Waals surface area contributed by atoms with Crippen LogP contribution in [-0.2, 0) is 4.74 Å². The van der Waals surface area contributed by atoms with Crippen LogP contribution in [0.1, 0.15) is 26.3 Å². The lowest BCUT2D eigenvalue weighted by Gasteiger charge is -2.26. The Bertz CT molecular complexity index is 1420. The highest BCUT2D eigenvalue weighted by atomic mass is 16.5. The molecular formula is C29H30N4O3. The molecule has 0 saturated carbocycles. The molecule has 2 N–H and O–H groups in total. The number of hydrogen-bond donors (Lipinski definition) is 2.